The van der Waals surface area contributed by atoms with Crippen molar-refractivity contribution in [2.75, 3.05) is 18.1 Å². The van der Waals surface area contributed by atoms with E-state index in [0.29, 0.717) is 10.9 Å². The summed E-state index contributed by atoms with van der Waals surface area (Å²) < 4.78 is 1.78. The van der Waals surface area contributed by atoms with E-state index in [-0.39, 0.29) is 18.4 Å². The molecule has 0 aliphatic carbocycles. The van der Waals surface area contributed by atoms with Crippen LogP contribution in [0.4, 0.5) is 5.69 Å². The Bertz CT molecular complexity index is 970. The fourth-order valence-electron chi connectivity index (χ4n) is 2.86. The van der Waals surface area contributed by atoms with Gasteiger partial charge in [0, 0.05) is 11.4 Å². The second-order valence-electron chi connectivity index (χ2n) is 6.04. The third-order valence-electron chi connectivity index (χ3n) is 4.24. The minimum atomic E-state index is -0.351. The Morgan fingerprint density at radius 1 is 1.07 bits per heavy atom. The summed E-state index contributed by atoms with van der Waals surface area (Å²) in [5.74, 6) is -0.624. The van der Waals surface area contributed by atoms with Gasteiger partial charge in [-0.25, -0.2) is 4.98 Å². The van der Waals surface area contributed by atoms with Crippen LogP contribution in [0.1, 0.15) is 23.0 Å². The number of benzene rings is 2. The summed E-state index contributed by atoms with van der Waals surface area (Å²) in [7, 11) is 0. The zero-order valence-electron chi connectivity index (χ0n) is 15.8. The lowest BCUT2D eigenvalue weighted by Gasteiger charge is -2.12. The third kappa shape index (κ3) is 4.43. The quantitative estimate of drug-likeness (QED) is 0.601. The number of imidazole rings is 1. The average molecular weight is 395 g/mol. The predicted molar refractivity (Wildman–Crippen MR) is 112 cm³/mol. The van der Waals surface area contributed by atoms with Gasteiger partial charge in [0.2, 0.25) is 5.91 Å². The molecule has 0 aliphatic rings. The van der Waals surface area contributed by atoms with Crippen molar-refractivity contribution in [1.82, 2.24) is 14.9 Å². The number of para-hydroxylation sites is 2. The van der Waals surface area contributed by atoms with E-state index in [4.69, 9.17) is 0 Å². The van der Waals surface area contributed by atoms with Crippen LogP contribution in [0.25, 0.3) is 5.69 Å². The van der Waals surface area contributed by atoms with Gasteiger partial charge in [0.25, 0.3) is 5.91 Å². The van der Waals surface area contributed by atoms with Gasteiger partial charge in [-0.1, -0.05) is 55.1 Å². The Morgan fingerprint density at radius 3 is 2.50 bits per heavy atom. The van der Waals surface area contributed by atoms with Crippen molar-refractivity contribution in [3.05, 3.63) is 72.1 Å². The molecule has 0 fully saturated rings. The average Bonchev–Trinajstić information content (AvgIpc) is 3.17. The van der Waals surface area contributed by atoms with Gasteiger partial charge < -0.3 is 10.6 Å². The van der Waals surface area contributed by atoms with E-state index in [1.165, 1.54) is 18.0 Å². The summed E-state index contributed by atoms with van der Waals surface area (Å²) in [4.78, 5) is 29.3. The van der Waals surface area contributed by atoms with Crippen LogP contribution in [-0.2, 0) is 11.2 Å². The lowest BCUT2D eigenvalue weighted by Crippen LogP contribution is -2.34. The van der Waals surface area contributed by atoms with Crippen LogP contribution < -0.4 is 10.6 Å². The fourth-order valence-corrected chi connectivity index (χ4v) is 3.41. The highest BCUT2D eigenvalue weighted by Crippen LogP contribution is 2.21. The number of anilines is 1. The number of carbonyl (C=O) groups excluding carboxylic acids is 2. The Kier molecular flexibility index (Phi) is 6.49. The minimum Gasteiger partial charge on any atom is -0.342 e. The standard InChI is InChI=1S/C21H22N4O2S/c1-3-15-9-7-8-12-17(15)24-19(26)14-22-20(27)18-13-23-21(28-2)25(18)16-10-5-4-6-11-16/h4-13H,3,14H2,1-2H3,(H,22,27)(H,24,26). The maximum atomic E-state index is 12.7. The first-order valence-electron chi connectivity index (χ1n) is 8.97. The molecule has 7 heteroatoms. The van der Waals surface area contributed by atoms with Crippen LogP contribution in [0.2, 0.25) is 0 Å². The second kappa shape index (κ2) is 9.23. The number of aryl methyl sites for hydroxylation is 1. The van der Waals surface area contributed by atoms with Crippen molar-refractivity contribution in [2.24, 2.45) is 0 Å². The van der Waals surface area contributed by atoms with Crippen LogP contribution in [0.3, 0.4) is 0 Å². The fraction of sp³-hybridized carbons (Fsp3) is 0.190. The van der Waals surface area contributed by atoms with Crippen molar-refractivity contribution in [2.45, 2.75) is 18.5 Å². The molecule has 6 nitrogen and oxygen atoms in total. The number of carbonyl (C=O) groups is 2. The number of thioether (sulfide) groups is 1. The second-order valence-corrected chi connectivity index (χ2v) is 6.82. The molecule has 0 atom stereocenters. The molecule has 0 saturated heterocycles. The number of hydrogen-bond donors (Lipinski definition) is 2. The Balaban J connectivity index is 1.70. The normalized spacial score (nSPS) is 10.5. The van der Waals surface area contributed by atoms with Crippen LogP contribution in [0.5, 0.6) is 0 Å². The molecular weight excluding hydrogens is 372 g/mol. The van der Waals surface area contributed by atoms with E-state index < -0.39 is 0 Å². The zero-order valence-corrected chi connectivity index (χ0v) is 16.6. The minimum absolute atomic E-state index is 0.120. The molecule has 0 unspecified atom stereocenters. The van der Waals surface area contributed by atoms with E-state index in [1.807, 2.05) is 67.8 Å². The number of amides is 2. The summed E-state index contributed by atoms with van der Waals surface area (Å²) in [6, 6.07) is 17.2. The van der Waals surface area contributed by atoms with E-state index in [0.717, 1.165) is 23.4 Å². The molecule has 0 spiro atoms. The number of hydrogen-bond acceptors (Lipinski definition) is 4. The van der Waals surface area contributed by atoms with E-state index in [2.05, 4.69) is 15.6 Å². The SMILES string of the molecule is CCc1ccccc1NC(=O)CNC(=O)c1cnc(SC)n1-c1ccccc1. The van der Waals surface area contributed by atoms with Crippen LogP contribution in [0.15, 0.2) is 66.0 Å². The van der Waals surface area contributed by atoms with Crippen LogP contribution in [-0.4, -0.2) is 34.2 Å². The summed E-state index contributed by atoms with van der Waals surface area (Å²) >= 11 is 1.45. The molecule has 1 heterocycles. The Morgan fingerprint density at radius 2 is 1.79 bits per heavy atom. The van der Waals surface area contributed by atoms with Gasteiger partial charge in [0.15, 0.2) is 5.16 Å². The first-order chi connectivity index (χ1) is 13.6. The van der Waals surface area contributed by atoms with Crippen molar-refractivity contribution < 1.29 is 9.59 Å². The molecular formula is C21H22N4O2S. The van der Waals surface area contributed by atoms with Crippen molar-refractivity contribution in [3.8, 4) is 5.69 Å². The molecule has 0 aliphatic heterocycles. The first-order valence-corrected chi connectivity index (χ1v) is 10.2. The lowest BCUT2D eigenvalue weighted by atomic mass is 10.1. The van der Waals surface area contributed by atoms with Gasteiger partial charge in [0.05, 0.1) is 12.7 Å². The lowest BCUT2D eigenvalue weighted by molar-refractivity contribution is -0.115. The first kappa shape index (κ1) is 19.7. The Hall–Kier alpha value is -3.06. The van der Waals surface area contributed by atoms with Gasteiger partial charge >= 0.3 is 0 Å². The highest BCUT2D eigenvalue weighted by Gasteiger charge is 2.18. The summed E-state index contributed by atoms with van der Waals surface area (Å²) in [5, 5.41) is 6.24. The molecule has 1 aromatic heterocycles. The molecule has 2 aromatic carbocycles. The smallest absolute Gasteiger partial charge is 0.270 e. The monoisotopic (exact) mass is 394 g/mol. The predicted octanol–water partition coefficient (Wildman–Crippen LogP) is 3.53. The van der Waals surface area contributed by atoms with Crippen molar-refractivity contribution >= 4 is 29.3 Å². The maximum absolute atomic E-state index is 12.7. The molecule has 0 bridgehead atoms. The van der Waals surface area contributed by atoms with E-state index in [1.54, 1.807) is 4.57 Å². The summed E-state index contributed by atoms with van der Waals surface area (Å²) in [6.07, 6.45) is 4.25. The molecule has 28 heavy (non-hydrogen) atoms. The zero-order chi connectivity index (χ0) is 19.9. The van der Waals surface area contributed by atoms with Crippen molar-refractivity contribution in [1.29, 1.82) is 0 Å². The van der Waals surface area contributed by atoms with E-state index in [9.17, 15) is 9.59 Å². The highest BCUT2D eigenvalue weighted by atomic mass is 32.2. The molecule has 3 aromatic rings. The van der Waals surface area contributed by atoms with Gasteiger partial charge in [-0.3, -0.25) is 14.2 Å². The molecule has 3 rings (SSSR count). The van der Waals surface area contributed by atoms with E-state index >= 15 is 0 Å². The number of nitrogens with zero attached hydrogens (tertiary/aromatic N) is 2. The van der Waals surface area contributed by atoms with Gasteiger partial charge in [-0.15, -0.1) is 0 Å². The number of rotatable bonds is 7. The molecule has 2 N–H and O–H groups in total. The number of aromatic nitrogens is 2. The van der Waals surface area contributed by atoms with Crippen LogP contribution in [0, 0.1) is 0 Å². The maximum Gasteiger partial charge on any atom is 0.270 e. The molecule has 144 valence electrons. The number of nitrogens with one attached hydrogen (secondary N) is 2. The van der Waals surface area contributed by atoms with Crippen LogP contribution >= 0.6 is 11.8 Å². The van der Waals surface area contributed by atoms with Gasteiger partial charge in [0.1, 0.15) is 5.69 Å². The Labute approximate surface area is 168 Å². The third-order valence-corrected chi connectivity index (χ3v) is 4.89. The summed E-state index contributed by atoms with van der Waals surface area (Å²) in [5.41, 5.74) is 3.05. The largest absolute Gasteiger partial charge is 0.342 e. The summed E-state index contributed by atoms with van der Waals surface area (Å²) in [6.45, 7) is 1.91. The van der Waals surface area contributed by atoms with Gasteiger partial charge in [-0.2, -0.15) is 0 Å². The molecule has 0 saturated carbocycles. The molecule has 0 radical (unpaired) electrons. The van der Waals surface area contributed by atoms with Gasteiger partial charge in [-0.05, 0) is 36.4 Å². The molecule has 2 amide bonds. The highest BCUT2D eigenvalue weighted by molar-refractivity contribution is 7.98. The topological polar surface area (TPSA) is 76.0 Å². The van der Waals surface area contributed by atoms with Crippen molar-refractivity contribution in [3.63, 3.8) is 0 Å².